The Morgan fingerprint density at radius 3 is 3.05 bits per heavy atom. The van der Waals surface area contributed by atoms with Gasteiger partial charge in [-0.1, -0.05) is 0 Å². The molecule has 1 fully saturated rings. The van der Waals surface area contributed by atoms with Gasteiger partial charge in [0.05, 0.1) is 12.7 Å². The smallest absolute Gasteiger partial charge is 0.255 e. The summed E-state index contributed by atoms with van der Waals surface area (Å²) < 4.78 is 18.3. The van der Waals surface area contributed by atoms with Crippen LogP contribution >= 0.6 is 0 Å². The first-order valence-corrected chi connectivity index (χ1v) is 6.90. The van der Waals surface area contributed by atoms with Crippen molar-refractivity contribution >= 4 is 5.91 Å². The number of likely N-dealkylation sites (tertiary alicyclic amines) is 1. The summed E-state index contributed by atoms with van der Waals surface area (Å²) in [6.07, 6.45) is 2.27. The fourth-order valence-corrected chi connectivity index (χ4v) is 2.63. The number of carbonyl (C=O) groups is 1. The second-order valence-electron chi connectivity index (χ2n) is 5.33. The molecule has 0 radical (unpaired) electrons. The molecule has 1 aliphatic rings. The monoisotopic (exact) mass is 280 g/mol. The average molecular weight is 280 g/mol. The van der Waals surface area contributed by atoms with Crippen LogP contribution in [0.25, 0.3) is 0 Å². The first-order chi connectivity index (χ1) is 9.60. The van der Waals surface area contributed by atoms with E-state index in [9.17, 15) is 9.18 Å². The van der Waals surface area contributed by atoms with Crippen LogP contribution in [-0.4, -0.2) is 44.6 Å². The molecule has 110 valence electrons. The first kappa shape index (κ1) is 14.8. The van der Waals surface area contributed by atoms with Gasteiger partial charge in [0.15, 0.2) is 0 Å². The van der Waals surface area contributed by atoms with Crippen LogP contribution in [0.3, 0.4) is 0 Å². The maximum atomic E-state index is 13.2. The Bertz CT molecular complexity index is 479. The summed E-state index contributed by atoms with van der Waals surface area (Å²) >= 11 is 0. The van der Waals surface area contributed by atoms with Crippen molar-refractivity contribution in [3.63, 3.8) is 0 Å². The number of rotatable bonds is 4. The van der Waals surface area contributed by atoms with E-state index in [4.69, 9.17) is 4.74 Å². The highest BCUT2D eigenvalue weighted by Crippen LogP contribution is 2.19. The van der Waals surface area contributed by atoms with Gasteiger partial charge in [-0.2, -0.15) is 0 Å². The molecular weight excluding hydrogens is 259 g/mol. The lowest BCUT2D eigenvalue weighted by atomic mass is 9.98. The van der Waals surface area contributed by atoms with E-state index >= 15 is 0 Å². The molecule has 2 rings (SSSR count). The fourth-order valence-electron chi connectivity index (χ4n) is 2.63. The summed E-state index contributed by atoms with van der Waals surface area (Å²) in [5, 5.41) is 2.88. The number of nitrogens with one attached hydrogen (secondary N) is 1. The van der Waals surface area contributed by atoms with E-state index in [1.54, 1.807) is 0 Å². The summed E-state index contributed by atoms with van der Waals surface area (Å²) in [5.41, 5.74) is 0.247. The second-order valence-corrected chi connectivity index (χ2v) is 5.33. The maximum Gasteiger partial charge on any atom is 0.255 e. The Hall–Kier alpha value is -1.62. The number of halogens is 1. The molecule has 1 amide bonds. The minimum absolute atomic E-state index is 0.247. The van der Waals surface area contributed by atoms with Crippen molar-refractivity contribution in [2.45, 2.75) is 12.8 Å². The predicted octanol–water partition coefficient (Wildman–Crippen LogP) is 1.91. The van der Waals surface area contributed by atoms with Crippen LogP contribution in [0, 0.1) is 11.7 Å². The van der Waals surface area contributed by atoms with Crippen LogP contribution in [0.4, 0.5) is 4.39 Å². The van der Waals surface area contributed by atoms with Gasteiger partial charge in [0.2, 0.25) is 0 Å². The van der Waals surface area contributed by atoms with Crippen LogP contribution in [0.2, 0.25) is 0 Å². The summed E-state index contributed by atoms with van der Waals surface area (Å²) in [7, 11) is 3.56. The van der Waals surface area contributed by atoms with Gasteiger partial charge in [-0.05, 0) is 50.6 Å². The fraction of sp³-hybridized carbons (Fsp3) is 0.533. The van der Waals surface area contributed by atoms with E-state index in [0.717, 1.165) is 25.9 Å². The van der Waals surface area contributed by atoms with Gasteiger partial charge in [0.25, 0.3) is 5.91 Å². The van der Waals surface area contributed by atoms with Gasteiger partial charge in [0.1, 0.15) is 11.6 Å². The van der Waals surface area contributed by atoms with Gasteiger partial charge in [-0.25, -0.2) is 4.39 Å². The molecule has 0 saturated carbocycles. The molecular formula is C15H21FN2O2. The van der Waals surface area contributed by atoms with Crippen LogP contribution in [0.15, 0.2) is 18.2 Å². The molecule has 0 spiro atoms. The summed E-state index contributed by atoms with van der Waals surface area (Å²) in [4.78, 5) is 14.4. The van der Waals surface area contributed by atoms with E-state index in [2.05, 4.69) is 17.3 Å². The topological polar surface area (TPSA) is 41.6 Å². The van der Waals surface area contributed by atoms with Gasteiger partial charge >= 0.3 is 0 Å². The van der Waals surface area contributed by atoms with Crippen molar-refractivity contribution in [3.8, 4) is 5.75 Å². The van der Waals surface area contributed by atoms with Gasteiger partial charge in [0, 0.05) is 13.1 Å². The standard InChI is InChI=1S/C15H21FN2O2/c1-18-7-3-4-11(10-18)9-17-15(19)13-8-12(16)5-6-14(13)20-2/h5-6,8,11H,3-4,7,9-10H2,1-2H3,(H,17,19)/t11-/m1/s1. The SMILES string of the molecule is COc1ccc(F)cc1C(=O)NC[C@H]1CCCN(C)C1. The number of hydrogen-bond donors (Lipinski definition) is 1. The Balaban J connectivity index is 1.96. The highest BCUT2D eigenvalue weighted by atomic mass is 19.1. The van der Waals surface area contributed by atoms with Crippen molar-refractivity contribution in [2.24, 2.45) is 5.92 Å². The number of carbonyl (C=O) groups excluding carboxylic acids is 1. The molecule has 1 aromatic carbocycles. The van der Waals surface area contributed by atoms with Gasteiger partial charge < -0.3 is 15.0 Å². The largest absolute Gasteiger partial charge is 0.496 e. The number of benzene rings is 1. The molecule has 1 aliphatic heterocycles. The Labute approximate surface area is 118 Å². The van der Waals surface area contributed by atoms with E-state index < -0.39 is 5.82 Å². The minimum Gasteiger partial charge on any atom is -0.496 e. The molecule has 5 heteroatoms. The molecule has 0 aliphatic carbocycles. The van der Waals surface area contributed by atoms with Crippen molar-refractivity contribution in [2.75, 3.05) is 33.8 Å². The molecule has 0 bridgehead atoms. The van der Waals surface area contributed by atoms with Crippen molar-refractivity contribution in [3.05, 3.63) is 29.6 Å². The molecule has 1 aromatic rings. The third-order valence-electron chi connectivity index (χ3n) is 3.68. The third kappa shape index (κ3) is 3.70. The van der Waals surface area contributed by atoms with E-state index in [1.807, 2.05) is 0 Å². The normalized spacial score (nSPS) is 19.6. The minimum atomic E-state index is -0.437. The maximum absolute atomic E-state index is 13.2. The van der Waals surface area contributed by atoms with Gasteiger partial charge in [-0.15, -0.1) is 0 Å². The first-order valence-electron chi connectivity index (χ1n) is 6.90. The van der Waals surface area contributed by atoms with Crippen molar-refractivity contribution in [1.29, 1.82) is 0 Å². The predicted molar refractivity (Wildman–Crippen MR) is 75.5 cm³/mol. The summed E-state index contributed by atoms with van der Waals surface area (Å²) in [6, 6.07) is 3.96. The molecule has 4 nitrogen and oxygen atoms in total. The van der Waals surface area contributed by atoms with Crippen LogP contribution < -0.4 is 10.1 Å². The van der Waals surface area contributed by atoms with Crippen molar-refractivity contribution in [1.82, 2.24) is 10.2 Å². The molecule has 0 unspecified atom stereocenters. The molecule has 1 atom stereocenters. The lowest BCUT2D eigenvalue weighted by Gasteiger charge is -2.29. The van der Waals surface area contributed by atoms with E-state index in [0.29, 0.717) is 18.2 Å². The van der Waals surface area contributed by atoms with Gasteiger partial charge in [-0.3, -0.25) is 4.79 Å². The Morgan fingerprint density at radius 2 is 2.35 bits per heavy atom. The molecule has 0 aromatic heterocycles. The van der Waals surface area contributed by atoms with E-state index in [-0.39, 0.29) is 11.5 Å². The zero-order valence-corrected chi connectivity index (χ0v) is 12.0. The van der Waals surface area contributed by atoms with Crippen LogP contribution in [0.1, 0.15) is 23.2 Å². The molecule has 1 N–H and O–H groups in total. The average Bonchev–Trinajstić information content (AvgIpc) is 2.45. The molecule has 1 heterocycles. The van der Waals surface area contributed by atoms with Crippen molar-refractivity contribution < 1.29 is 13.9 Å². The lowest BCUT2D eigenvalue weighted by Crippen LogP contribution is -2.39. The number of hydrogen-bond acceptors (Lipinski definition) is 3. The quantitative estimate of drug-likeness (QED) is 0.916. The summed E-state index contributed by atoms with van der Waals surface area (Å²) in [6.45, 7) is 2.71. The lowest BCUT2D eigenvalue weighted by molar-refractivity contribution is 0.0933. The summed E-state index contributed by atoms with van der Waals surface area (Å²) in [5.74, 6) is 0.129. The Morgan fingerprint density at radius 1 is 1.55 bits per heavy atom. The highest BCUT2D eigenvalue weighted by Gasteiger charge is 2.19. The Kier molecular flexibility index (Phi) is 4.95. The number of methoxy groups -OCH3 is 1. The van der Waals surface area contributed by atoms with Crippen LogP contribution in [0.5, 0.6) is 5.75 Å². The molecule has 20 heavy (non-hydrogen) atoms. The van der Waals surface area contributed by atoms with E-state index in [1.165, 1.54) is 25.3 Å². The number of piperidine rings is 1. The number of amides is 1. The van der Waals surface area contributed by atoms with Crippen LogP contribution in [-0.2, 0) is 0 Å². The second kappa shape index (κ2) is 6.70. The third-order valence-corrected chi connectivity index (χ3v) is 3.68. The number of ether oxygens (including phenoxy) is 1. The zero-order valence-electron chi connectivity index (χ0n) is 12.0. The number of nitrogens with zero attached hydrogens (tertiary/aromatic N) is 1. The zero-order chi connectivity index (χ0) is 14.5. The highest BCUT2D eigenvalue weighted by molar-refractivity contribution is 5.96. The molecule has 1 saturated heterocycles.